The summed E-state index contributed by atoms with van der Waals surface area (Å²) >= 11 is 0. The molecule has 0 spiro atoms. The first-order chi connectivity index (χ1) is 8.77. The Kier molecular flexibility index (Phi) is 4.33. The van der Waals surface area contributed by atoms with Crippen LogP contribution in [-0.2, 0) is 11.2 Å². The number of hydrogen-bond donors (Lipinski definition) is 3. The number of amides is 1. The molecule has 2 rings (SSSR count). The molecule has 0 bridgehead atoms. The van der Waals surface area contributed by atoms with Gasteiger partial charge in [0.15, 0.2) is 0 Å². The average molecular weight is 247 g/mol. The number of rotatable bonds is 4. The van der Waals surface area contributed by atoms with Crippen LogP contribution >= 0.6 is 0 Å². The van der Waals surface area contributed by atoms with E-state index in [2.05, 4.69) is 28.3 Å². The maximum atomic E-state index is 12.3. The van der Waals surface area contributed by atoms with Gasteiger partial charge < -0.3 is 5.32 Å². The Bertz CT molecular complexity index is 385. The number of carbonyl (C=O) groups excluding carboxylic acids is 1. The maximum Gasteiger partial charge on any atom is 0.241 e. The van der Waals surface area contributed by atoms with Crippen LogP contribution in [0.3, 0.4) is 0 Å². The van der Waals surface area contributed by atoms with Crippen LogP contribution in [0.15, 0.2) is 30.3 Å². The van der Waals surface area contributed by atoms with Gasteiger partial charge in [-0.05, 0) is 31.4 Å². The van der Waals surface area contributed by atoms with Crippen LogP contribution < -0.4 is 16.2 Å². The van der Waals surface area contributed by atoms with E-state index in [9.17, 15) is 4.79 Å². The predicted molar refractivity (Wildman–Crippen MR) is 71.9 cm³/mol. The van der Waals surface area contributed by atoms with Gasteiger partial charge in [-0.3, -0.25) is 10.2 Å². The van der Waals surface area contributed by atoms with E-state index in [0.29, 0.717) is 0 Å². The van der Waals surface area contributed by atoms with Crippen molar-refractivity contribution in [1.82, 2.24) is 16.2 Å². The second-order valence-electron chi connectivity index (χ2n) is 4.93. The number of hydrazine groups is 1. The first-order valence-electron chi connectivity index (χ1n) is 6.49. The van der Waals surface area contributed by atoms with Gasteiger partial charge in [-0.1, -0.05) is 30.3 Å². The molecule has 0 aromatic heterocycles. The molecule has 0 radical (unpaired) electrons. The zero-order chi connectivity index (χ0) is 12.8. The summed E-state index contributed by atoms with van der Waals surface area (Å²) in [5, 5.41) is 3.35. The third kappa shape index (κ3) is 2.89. The first-order valence-corrected chi connectivity index (χ1v) is 6.49. The van der Waals surface area contributed by atoms with E-state index in [-0.39, 0.29) is 11.3 Å². The van der Waals surface area contributed by atoms with Gasteiger partial charge in [0, 0.05) is 13.6 Å². The summed E-state index contributed by atoms with van der Waals surface area (Å²) in [7, 11) is 1.73. The van der Waals surface area contributed by atoms with Crippen LogP contribution in [0.25, 0.3) is 0 Å². The Morgan fingerprint density at radius 3 is 2.78 bits per heavy atom. The predicted octanol–water partition coefficient (Wildman–Crippen LogP) is 0.849. The highest BCUT2D eigenvalue weighted by atomic mass is 16.2. The van der Waals surface area contributed by atoms with E-state index in [1.807, 2.05) is 18.2 Å². The van der Waals surface area contributed by atoms with Crippen molar-refractivity contribution >= 4 is 5.91 Å². The molecule has 0 aliphatic carbocycles. The van der Waals surface area contributed by atoms with Crippen molar-refractivity contribution in [2.45, 2.75) is 19.3 Å². The second-order valence-corrected chi connectivity index (χ2v) is 4.93. The summed E-state index contributed by atoms with van der Waals surface area (Å²) in [4.78, 5) is 12.3. The van der Waals surface area contributed by atoms with Crippen LogP contribution in [0.4, 0.5) is 0 Å². The molecular formula is C14H21N3O. The Morgan fingerprint density at radius 1 is 1.39 bits per heavy atom. The number of hydrogen-bond acceptors (Lipinski definition) is 3. The normalized spacial score (nSPS) is 23.6. The number of piperidine rings is 1. The summed E-state index contributed by atoms with van der Waals surface area (Å²) in [6.07, 6.45) is 2.76. The lowest BCUT2D eigenvalue weighted by Gasteiger charge is -2.36. The molecular weight excluding hydrogens is 226 g/mol. The fourth-order valence-corrected chi connectivity index (χ4v) is 2.63. The Hall–Kier alpha value is -1.39. The molecule has 1 aliphatic heterocycles. The van der Waals surface area contributed by atoms with E-state index in [4.69, 9.17) is 0 Å². The lowest BCUT2D eigenvalue weighted by atomic mass is 9.75. The molecule has 1 aromatic carbocycles. The average Bonchev–Trinajstić information content (AvgIpc) is 2.41. The van der Waals surface area contributed by atoms with E-state index in [1.54, 1.807) is 7.05 Å². The minimum absolute atomic E-state index is 0.0843. The summed E-state index contributed by atoms with van der Waals surface area (Å²) in [5.74, 6) is 0.0843. The van der Waals surface area contributed by atoms with Crippen molar-refractivity contribution in [3.8, 4) is 0 Å². The van der Waals surface area contributed by atoms with Gasteiger partial charge in [0.2, 0.25) is 5.91 Å². The smallest absolute Gasteiger partial charge is 0.241 e. The van der Waals surface area contributed by atoms with Gasteiger partial charge >= 0.3 is 0 Å². The molecule has 1 amide bonds. The van der Waals surface area contributed by atoms with Crippen LogP contribution in [0.2, 0.25) is 0 Å². The number of nitrogens with one attached hydrogen (secondary N) is 3. The largest absolute Gasteiger partial charge is 0.316 e. The van der Waals surface area contributed by atoms with E-state index >= 15 is 0 Å². The van der Waals surface area contributed by atoms with E-state index in [1.165, 1.54) is 5.56 Å². The SMILES string of the molecule is CNNC(=O)C1(Cc2ccccc2)CCCNC1. The van der Waals surface area contributed by atoms with Gasteiger partial charge in [0.05, 0.1) is 5.41 Å². The third-order valence-electron chi connectivity index (χ3n) is 3.58. The summed E-state index contributed by atoms with van der Waals surface area (Å²) < 4.78 is 0. The van der Waals surface area contributed by atoms with Crippen molar-refractivity contribution in [3.05, 3.63) is 35.9 Å². The minimum atomic E-state index is -0.331. The third-order valence-corrected chi connectivity index (χ3v) is 3.58. The molecule has 1 fully saturated rings. The molecule has 0 saturated carbocycles. The Balaban J connectivity index is 2.16. The highest BCUT2D eigenvalue weighted by Gasteiger charge is 2.39. The maximum absolute atomic E-state index is 12.3. The number of benzene rings is 1. The monoisotopic (exact) mass is 247 g/mol. The van der Waals surface area contributed by atoms with Crippen LogP contribution in [0.5, 0.6) is 0 Å². The second kappa shape index (κ2) is 5.98. The summed E-state index contributed by atoms with van der Waals surface area (Å²) in [6, 6.07) is 10.2. The topological polar surface area (TPSA) is 53.2 Å². The van der Waals surface area contributed by atoms with Crippen LogP contribution in [0, 0.1) is 5.41 Å². The molecule has 1 aromatic rings. The lowest BCUT2D eigenvalue weighted by molar-refractivity contribution is -0.133. The van der Waals surface area contributed by atoms with Gasteiger partial charge in [-0.25, -0.2) is 5.43 Å². The Labute approximate surface area is 108 Å². The highest BCUT2D eigenvalue weighted by Crippen LogP contribution is 2.30. The van der Waals surface area contributed by atoms with Gasteiger partial charge in [-0.2, -0.15) is 0 Å². The molecule has 1 saturated heterocycles. The molecule has 1 heterocycles. The highest BCUT2D eigenvalue weighted by molar-refractivity contribution is 5.83. The van der Waals surface area contributed by atoms with Gasteiger partial charge in [0.1, 0.15) is 0 Å². The van der Waals surface area contributed by atoms with Crippen LogP contribution in [-0.4, -0.2) is 26.0 Å². The molecule has 18 heavy (non-hydrogen) atoms. The molecule has 98 valence electrons. The molecule has 4 nitrogen and oxygen atoms in total. The molecule has 3 N–H and O–H groups in total. The molecule has 1 unspecified atom stereocenters. The standard InChI is InChI=1S/C14H21N3O/c1-15-17-13(18)14(8-5-9-16-11-14)10-12-6-3-2-4-7-12/h2-4,6-7,15-16H,5,8-11H2,1H3,(H,17,18). The molecule has 1 aliphatic rings. The van der Waals surface area contributed by atoms with Crippen molar-refractivity contribution < 1.29 is 4.79 Å². The Morgan fingerprint density at radius 2 is 2.17 bits per heavy atom. The molecule has 1 atom stereocenters. The van der Waals surface area contributed by atoms with Gasteiger partial charge in [0.25, 0.3) is 0 Å². The summed E-state index contributed by atoms with van der Waals surface area (Å²) in [6.45, 7) is 1.75. The van der Waals surface area contributed by atoms with Crippen molar-refractivity contribution in [2.75, 3.05) is 20.1 Å². The van der Waals surface area contributed by atoms with Crippen LogP contribution in [0.1, 0.15) is 18.4 Å². The zero-order valence-electron chi connectivity index (χ0n) is 10.8. The number of carbonyl (C=O) groups is 1. The van der Waals surface area contributed by atoms with E-state index in [0.717, 1.165) is 32.4 Å². The fourth-order valence-electron chi connectivity index (χ4n) is 2.63. The summed E-state index contributed by atoms with van der Waals surface area (Å²) in [5.41, 5.74) is 6.38. The molecule has 4 heteroatoms. The van der Waals surface area contributed by atoms with Crippen molar-refractivity contribution in [2.24, 2.45) is 5.41 Å². The van der Waals surface area contributed by atoms with E-state index < -0.39 is 0 Å². The lowest BCUT2D eigenvalue weighted by Crippen LogP contribution is -2.54. The first kappa shape index (κ1) is 13.1. The fraction of sp³-hybridized carbons (Fsp3) is 0.500. The van der Waals surface area contributed by atoms with Crippen molar-refractivity contribution in [1.29, 1.82) is 0 Å². The van der Waals surface area contributed by atoms with Gasteiger partial charge in [-0.15, -0.1) is 0 Å². The minimum Gasteiger partial charge on any atom is -0.316 e. The quantitative estimate of drug-likeness (QED) is 0.691. The zero-order valence-corrected chi connectivity index (χ0v) is 10.8. The van der Waals surface area contributed by atoms with Crippen molar-refractivity contribution in [3.63, 3.8) is 0 Å².